The molecule has 0 radical (unpaired) electrons. The Bertz CT molecular complexity index is 157. The summed E-state index contributed by atoms with van der Waals surface area (Å²) in [6.45, 7) is 0. The highest BCUT2D eigenvalue weighted by Crippen LogP contribution is 2.27. The first-order valence-corrected chi connectivity index (χ1v) is 4.41. The summed E-state index contributed by atoms with van der Waals surface area (Å²) in [6.07, 6.45) is 0.889. The number of methoxy groups -OCH3 is 2. The van der Waals surface area contributed by atoms with Crippen LogP contribution in [0.5, 0.6) is 0 Å². The van der Waals surface area contributed by atoms with Gasteiger partial charge in [-0.2, -0.15) is 0 Å². The summed E-state index contributed by atoms with van der Waals surface area (Å²) in [5.74, 6) is -0.0571. The van der Waals surface area contributed by atoms with Gasteiger partial charge in [-0.05, 0) is 12.8 Å². The van der Waals surface area contributed by atoms with Crippen LogP contribution in [0.15, 0.2) is 0 Å². The van der Waals surface area contributed by atoms with Crippen LogP contribution in [-0.2, 0) is 14.3 Å². The highest BCUT2D eigenvalue weighted by Gasteiger charge is 2.36. The number of hydrogen-bond donors (Lipinski definition) is 1. The fourth-order valence-corrected chi connectivity index (χ4v) is 1.79. The Morgan fingerprint density at radius 1 is 1.23 bits per heavy atom. The van der Waals surface area contributed by atoms with Gasteiger partial charge in [0.2, 0.25) is 0 Å². The van der Waals surface area contributed by atoms with Crippen LogP contribution in [0.4, 0.5) is 0 Å². The van der Waals surface area contributed by atoms with Crippen LogP contribution in [-0.4, -0.2) is 43.9 Å². The van der Waals surface area contributed by atoms with Crippen LogP contribution in [0.2, 0.25) is 0 Å². The van der Waals surface area contributed by atoms with Gasteiger partial charge in [0, 0.05) is 20.1 Å². The molecule has 1 saturated carbocycles. The van der Waals surface area contributed by atoms with Crippen LogP contribution in [0.1, 0.15) is 12.8 Å². The van der Waals surface area contributed by atoms with Gasteiger partial charge in [0.25, 0.3) is 0 Å². The molecule has 4 heteroatoms. The second-order valence-corrected chi connectivity index (χ2v) is 3.41. The van der Waals surface area contributed by atoms with E-state index in [1.165, 1.54) is 14.2 Å². The van der Waals surface area contributed by atoms with Crippen LogP contribution >= 0.6 is 0 Å². The number of carbonyl (C=O) groups excluding carboxylic acids is 1. The van der Waals surface area contributed by atoms with Gasteiger partial charge in [-0.15, -0.1) is 0 Å². The molecule has 0 bridgehead atoms. The molecule has 0 aromatic heterocycles. The fourth-order valence-electron chi connectivity index (χ4n) is 1.79. The van der Waals surface area contributed by atoms with E-state index in [9.17, 15) is 9.90 Å². The predicted molar refractivity (Wildman–Crippen MR) is 46.4 cm³/mol. The molecule has 0 heterocycles. The zero-order valence-electron chi connectivity index (χ0n) is 7.97. The van der Waals surface area contributed by atoms with Crippen molar-refractivity contribution in [2.24, 2.45) is 5.92 Å². The molecule has 0 saturated heterocycles. The van der Waals surface area contributed by atoms with Gasteiger partial charge in [-0.3, -0.25) is 0 Å². The highest BCUT2D eigenvalue weighted by atomic mass is 16.5. The Morgan fingerprint density at radius 2 is 1.69 bits per heavy atom. The van der Waals surface area contributed by atoms with E-state index in [0.29, 0.717) is 12.8 Å². The van der Waals surface area contributed by atoms with Crippen LogP contribution < -0.4 is 0 Å². The normalized spacial score (nSPS) is 40.2. The van der Waals surface area contributed by atoms with Crippen molar-refractivity contribution in [3.8, 4) is 0 Å². The molecule has 2 unspecified atom stereocenters. The standard InChI is InChI=1S/C9H16O4/c1-12-7-3-6(5-10)4-8(13-2)9(7)11/h5-9,11H,3-4H2,1-2H3. The summed E-state index contributed by atoms with van der Waals surface area (Å²) in [4.78, 5) is 10.6. The minimum absolute atomic E-state index is 0.0571. The van der Waals surface area contributed by atoms with Crippen molar-refractivity contribution in [3.63, 3.8) is 0 Å². The summed E-state index contributed by atoms with van der Waals surface area (Å²) in [5.41, 5.74) is 0. The first-order chi connectivity index (χ1) is 6.22. The van der Waals surface area contributed by atoms with E-state index in [1.54, 1.807) is 0 Å². The molecule has 13 heavy (non-hydrogen) atoms. The topological polar surface area (TPSA) is 55.8 Å². The molecule has 0 amide bonds. The Labute approximate surface area is 77.8 Å². The molecular weight excluding hydrogens is 172 g/mol. The van der Waals surface area contributed by atoms with Crippen LogP contribution in [0, 0.1) is 5.92 Å². The van der Waals surface area contributed by atoms with E-state index in [-0.39, 0.29) is 18.1 Å². The second-order valence-electron chi connectivity index (χ2n) is 3.41. The SMILES string of the molecule is COC1CC(C=O)CC(OC)C1O. The number of aliphatic hydroxyl groups is 1. The smallest absolute Gasteiger partial charge is 0.123 e. The van der Waals surface area contributed by atoms with Crippen molar-refractivity contribution in [2.45, 2.75) is 31.2 Å². The average molecular weight is 188 g/mol. The third-order valence-corrected chi connectivity index (χ3v) is 2.63. The number of aliphatic hydroxyl groups excluding tert-OH is 1. The van der Waals surface area contributed by atoms with Crippen LogP contribution in [0.25, 0.3) is 0 Å². The van der Waals surface area contributed by atoms with Gasteiger partial charge in [-0.1, -0.05) is 0 Å². The maximum atomic E-state index is 10.6. The fraction of sp³-hybridized carbons (Fsp3) is 0.889. The van der Waals surface area contributed by atoms with E-state index in [1.807, 2.05) is 0 Å². The first kappa shape index (κ1) is 10.6. The molecule has 1 aliphatic rings. The lowest BCUT2D eigenvalue weighted by Gasteiger charge is -2.35. The largest absolute Gasteiger partial charge is 0.388 e. The summed E-state index contributed by atoms with van der Waals surface area (Å²) < 4.78 is 10.2. The van der Waals surface area contributed by atoms with Crippen molar-refractivity contribution in [3.05, 3.63) is 0 Å². The third kappa shape index (κ3) is 2.27. The number of rotatable bonds is 3. The molecular formula is C9H16O4. The van der Waals surface area contributed by atoms with Gasteiger partial charge in [0.15, 0.2) is 0 Å². The lowest BCUT2D eigenvalue weighted by Crippen LogP contribution is -2.46. The van der Waals surface area contributed by atoms with E-state index in [0.717, 1.165) is 6.29 Å². The van der Waals surface area contributed by atoms with Crippen molar-refractivity contribution in [1.82, 2.24) is 0 Å². The summed E-state index contributed by atoms with van der Waals surface area (Å²) >= 11 is 0. The molecule has 0 aromatic carbocycles. The number of hydrogen-bond acceptors (Lipinski definition) is 4. The minimum atomic E-state index is -0.619. The molecule has 1 N–H and O–H groups in total. The van der Waals surface area contributed by atoms with Crippen LogP contribution in [0.3, 0.4) is 0 Å². The molecule has 76 valence electrons. The minimum Gasteiger partial charge on any atom is -0.388 e. The Morgan fingerprint density at radius 3 is 2.00 bits per heavy atom. The maximum absolute atomic E-state index is 10.6. The Hall–Kier alpha value is -0.450. The second kappa shape index (κ2) is 4.69. The molecule has 4 nitrogen and oxygen atoms in total. The summed E-state index contributed by atoms with van der Waals surface area (Å²) in [6, 6.07) is 0. The van der Waals surface area contributed by atoms with Gasteiger partial charge in [0.1, 0.15) is 12.4 Å². The quantitative estimate of drug-likeness (QED) is 0.633. The highest BCUT2D eigenvalue weighted by molar-refractivity contribution is 5.54. The monoisotopic (exact) mass is 188 g/mol. The maximum Gasteiger partial charge on any atom is 0.123 e. The van der Waals surface area contributed by atoms with E-state index < -0.39 is 6.10 Å². The molecule has 0 spiro atoms. The molecule has 0 aliphatic heterocycles. The zero-order valence-corrected chi connectivity index (χ0v) is 7.97. The molecule has 2 atom stereocenters. The zero-order chi connectivity index (χ0) is 9.84. The Balaban J connectivity index is 2.61. The van der Waals surface area contributed by atoms with Crippen molar-refractivity contribution >= 4 is 6.29 Å². The Kier molecular flexibility index (Phi) is 3.84. The predicted octanol–water partition coefficient (Wildman–Crippen LogP) is -0.0138. The van der Waals surface area contributed by atoms with Gasteiger partial charge < -0.3 is 19.4 Å². The van der Waals surface area contributed by atoms with Crippen molar-refractivity contribution in [2.75, 3.05) is 14.2 Å². The lowest BCUT2D eigenvalue weighted by molar-refractivity contribution is -0.136. The molecule has 1 fully saturated rings. The number of carbonyl (C=O) groups is 1. The lowest BCUT2D eigenvalue weighted by atomic mass is 9.84. The molecule has 1 aliphatic carbocycles. The van der Waals surface area contributed by atoms with Gasteiger partial charge in [-0.25, -0.2) is 0 Å². The van der Waals surface area contributed by atoms with Crippen molar-refractivity contribution in [1.29, 1.82) is 0 Å². The van der Waals surface area contributed by atoms with E-state index >= 15 is 0 Å². The molecule has 1 rings (SSSR count). The van der Waals surface area contributed by atoms with Gasteiger partial charge in [0.05, 0.1) is 12.2 Å². The van der Waals surface area contributed by atoms with E-state index in [2.05, 4.69) is 0 Å². The number of aldehydes is 1. The first-order valence-electron chi connectivity index (χ1n) is 4.41. The number of ether oxygens (including phenoxy) is 2. The summed E-state index contributed by atoms with van der Waals surface area (Å²) in [7, 11) is 3.07. The van der Waals surface area contributed by atoms with E-state index in [4.69, 9.17) is 9.47 Å². The van der Waals surface area contributed by atoms with Gasteiger partial charge >= 0.3 is 0 Å². The summed E-state index contributed by atoms with van der Waals surface area (Å²) in [5, 5.41) is 9.68. The average Bonchev–Trinajstić information content (AvgIpc) is 2.18. The third-order valence-electron chi connectivity index (χ3n) is 2.63. The molecule has 0 aromatic rings. The van der Waals surface area contributed by atoms with Crippen molar-refractivity contribution < 1.29 is 19.4 Å².